The van der Waals surface area contributed by atoms with E-state index in [0.717, 1.165) is 23.7 Å². The number of nitrogen functional groups attached to an aromatic ring is 1. The standard InChI is InChI=1S/C15H18N2O/c1-12-7-8-14(16)15(11-12)17-9-10-18-13-5-3-2-4-6-13/h2-8,11,17H,9-10,16H2,1H3. The Hall–Kier alpha value is -2.16. The van der Waals surface area contributed by atoms with Gasteiger partial charge in [-0.05, 0) is 36.8 Å². The van der Waals surface area contributed by atoms with Crippen molar-refractivity contribution in [3.63, 3.8) is 0 Å². The van der Waals surface area contributed by atoms with Gasteiger partial charge in [0.25, 0.3) is 0 Å². The van der Waals surface area contributed by atoms with Crippen LogP contribution in [0.2, 0.25) is 0 Å². The lowest BCUT2D eigenvalue weighted by atomic mass is 10.2. The molecule has 0 heterocycles. The van der Waals surface area contributed by atoms with Gasteiger partial charge in [-0.1, -0.05) is 24.3 Å². The Balaban J connectivity index is 1.80. The van der Waals surface area contributed by atoms with Crippen LogP contribution >= 0.6 is 0 Å². The predicted molar refractivity (Wildman–Crippen MR) is 76.0 cm³/mol. The first-order valence-electron chi connectivity index (χ1n) is 6.03. The van der Waals surface area contributed by atoms with Crippen molar-refractivity contribution in [2.75, 3.05) is 24.2 Å². The average molecular weight is 242 g/mol. The Labute approximate surface area is 108 Å². The van der Waals surface area contributed by atoms with Gasteiger partial charge in [-0.2, -0.15) is 0 Å². The highest BCUT2D eigenvalue weighted by Crippen LogP contribution is 2.19. The quantitative estimate of drug-likeness (QED) is 0.625. The first-order valence-corrected chi connectivity index (χ1v) is 6.03. The van der Waals surface area contributed by atoms with Crippen LogP contribution < -0.4 is 15.8 Å². The summed E-state index contributed by atoms with van der Waals surface area (Å²) in [4.78, 5) is 0. The van der Waals surface area contributed by atoms with Crippen molar-refractivity contribution in [3.8, 4) is 5.75 Å². The molecular weight excluding hydrogens is 224 g/mol. The molecule has 2 rings (SSSR count). The number of nitrogens with one attached hydrogen (secondary N) is 1. The molecule has 0 amide bonds. The molecule has 0 fully saturated rings. The van der Waals surface area contributed by atoms with E-state index in [0.29, 0.717) is 6.61 Å². The minimum absolute atomic E-state index is 0.609. The van der Waals surface area contributed by atoms with E-state index in [2.05, 4.69) is 5.32 Å². The van der Waals surface area contributed by atoms with E-state index in [9.17, 15) is 0 Å². The molecule has 3 nitrogen and oxygen atoms in total. The molecule has 18 heavy (non-hydrogen) atoms. The van der Waals surface area contributed by atoms with Crippen molar-refractivity contribution in [2.45, 2.75) is 6.92 Å². The molecule has 3 N–H and O–H groups in total. The second-order valence-corrected chi connectivity index (χ2v) is 4.18. The minimum Gasteiger partial charge on any atom is -0.492 e. The van der Waals surface area contributed by atoms with E-state index in [4.69, 9.17) is 10.5 Å². The van der Waals surface area contributed by atoms with Crippen molar-refractivity contribution in [1.82, 2.24) is 0 Å². The molecule has 0 radical (unpaired) electrons. The minimum atomic E-state index is 0.609. The van der Waals surface area contributed by atoms with Crippen LogP contribution in [0.15, 0.2) is 48.5 Å². The lowest BCUT2D eigenvalue weighted by Gasteiger charge is -2.11. The average Bonchev–Trinajstić information content (AvgIpc) is 2.40. The maximum atomic E-state index is 5.88. The van der Waals surface area contributed by atoms with Gasteiger partial charge in [0, 0.05) is 6.54 Å². The van der Waals surface area contributed by atoms with Crippen molar-refractivity contribution < 1.29 is 4.74 Å². The third-order valence-electron chi connectivity index (χ3n) is 2.64. The molecule has 0 unspecified atom stereocenters. The number of hydrogen-bond acceptors (Lipinski definition) is 3. The fourth-order valence-corrected chi connectivity index (χ4v) is 1.69. The number of rotatable bonds is 5. The third-order valence-corrected chi connectivity index (χ3v) is 2.64. The summed E-state index contributed by atoms with van der Waals surface area (Å²) in [5, 5.41) is 3.27. The van der Waals surface area contributed by atoms with Crippen LogP contribution in [0.1, 0.15) is 5.56 Å². The van der Waals surface area contributed by atoms with Gasteiger partial charge in [0.05, 0.1) is 11.4 Å². The van der Waals surface area contributed by atoms with E-state index in [1.165, 1.54) is 5.56 Å². The first-order chi connectivity index (χ1) is 8.75. The highest BCUT2D eigenvalue weighted by atomic mass is 16.5. The molecule has 3 heteroatoms. The second kappa shape index (κ2) is 5.96. The largest absolute Gasteiger partial charge is 0.492 e. The van der Waals surface area contributed by atoms with Gasteiger partial charge < -0.3 is 15.8 Å². The van der Waals surface area contributed by atoms with E-state index in [-0.39, 0.29) is 0 Å². The second-order valence-electron chi connectivity index (χ2n) is 4.18. The van der Waals surface area contributed by atoms with Gasteiger partial charge in [-0.15, -0.1) is 0 Å². The molecule has 2 aromatic rings. The van der Waals surface area contributed by atoms with Crippen molar-refractivity contribution in [3.05, 3.63) is 54.1 Å². The van der Waals surface area contributed by atoms with E-state index in [1.54, 1.807) is 0 Å². The van der Waals surface area contributed by atoms with E-state index >= 15 is 0 Å². The molecule has 0 atom stereocenters. The van der Waals surface area contributed by atoms with Gasteiger partial charge >= 0.3 is 0 Å². The molecule has 0 saturated carbocycles. The molecule has 0 aliphatic carbocycles. The Bertz CT molecular complexity index is 497. The zero-order valence-corrected chi connectivity index (χ0v) is 10.5. The molecular formula is C15H18N2O. The van der Waals surface area contributed by atoms with Gasteiger partial charge in [-0.25, -0.2) is 0 Å². The Morgan fingerprint density at radius 1 is 1.11 bits per heavy atom. The number of benzene rings is 2. The lowest BCUT2D eigenvalue weighted by Crippen LogP contribution is -2.12. The number of para-hydroxylation sites is 1. The Kier molecular flexibility index (Phi) is 4.07. The number of hydrogen-bond donors (Lipinski definition) is 2. The Morgan fingerprint density at radius 3 is 2.67 bits per heavy atom. The Morgan fingerprint density at radius 2 is 1.89 bits per heavy atom. The molecule has 0 aromatic heterocycles. The summed E-state index contributed by atoms with van der Waals surface area (Å²) in [6.07, 6.45) is 0. The lowest BCUT2D eigenvalue weighted by molar-refractivity contribution is 0.333. The normalized spacial score (nSPS) is 10.1. The highest BCUT2D eigenvalue weighted by molar-refractivity contribution is 5.66. The van der Waals surface area contributed by atoms with Crippen molar-refractivity contribution in [2.24, 2.45) is 0 Å². The highest BCUT2D eigenvalue weighted by Gasteiger charge is 1.98. The van der Waals surface area contributed by atoms with Crippen LogP contribution in [0.25, 0.3) is 0 Å². The van der Waals surface area contributed by atoms with Gasteiger partial charge in [0.15, 0.2) is 0 Å². The van der Waals surface area contributed by atoms with Gasteiger partial charge in [0.1, 0.15) is 12.4 Å². The molecule has 0 aliphatic heterocycles. The fourth-order valence-electron chi connectivity index (χ4n) is 1.69. The number of ether oxygens (including phenoxy) is 1. The SMILES string of the molecule is Cc1ccc(N)c(NCCOc2ccccc2)c1. The molecule has 0 saturated heterocycles. The first kappa shape index (κ1) is 12.3. The molecule has 0 bridgehead atoms. The summed E-state index contributed by atoms with van der Waals surface area (Å²) < 4.78 is 5.59. The van der Waals surface area contributed by atoms with Gasteiger partial charge in [-0.3, -0.25) is 0 Å². The summed E-state index contributed by atoms with van der Waals surface area (Å²) in [5.74, 6) is 0.886. The fraction of sp³-hybridized carbons (Fsp3) is 0.200. The topological polar surface area (TPSA) is 47.3 Å². The van der Waals surface area contributed by atoms with Crippen molar-refractivity contribution >= 4 is 11.4 Å². The van der Waals surface area contributed by atoms with E-state index in [1.807, 2.05) is 55.5 Å². The maximum Gasteiger partial charge on any atom is 0.119 e. The van der Waals surface area contributed by atoms with Crippen LogP contribution in [-0.4, -0.2) is 13.2 Å². The summed E-state index contributed by atoms with van der Waals surface area (Å²) >= 11 is 0. The van der Waals surface area contributed by atoms with Crippen LogP contribution in [0.3, 0.4) is 0 Å². The van der Waals surface area contributed by atoms with Crippen LogP contribution in [-0.2, 0) is 0 Å². The number of anilines is 2. The third kappa shape index (κ3) is 3.42. The monoisotopic (exact) mass is 242 g/mol. The summed E-state index contributed by atoms with van der Waals surface area (Å²) in [6, 6.07) is 15.7. The predicted octanol–water partition coefficient (Wildman–Crippen LogP) is 3.07. The summed E-state index contributed by atoms with van der Waals surface area (Å²) in [7, 11) is 0. The number of aryl methyl sites for hydroxylation is 1. The molecule has 0 aliphatic rings. The summed E-state index contributed by atoms with van der Waals surface area (Å²) in [5.41, 5.74) is 8.80. The van der Waals surface area contributed by atoms with Crippen LogP contribution in [0.5, 0.6) is 5.75 Å². The zero-order chi connectivity index (χ0) is 12.8. The van der Waals surface area contributed by atoms with Crippen molar-refractivity contribution in [1.29, 1.82) is 0 Å². The van der Waals surface area contributed by atoms with Gasteiger partial charge in [0.2, 0.25) is 0 Å². The smallest absolute Gasteiger partial charge is 0.119 e. The molecule has 0 spiro atoms. The van der Waals surface area contributed by atoms with Crippen LogP contribution in [0, 0.1) is 6.92 Å². The maximum absolute atomic E-state index is 5.88. The molecule has 2 aromatic carbocycles. The summed E-state index contributed by atoms with van der Waals surface area (Å²) in [6.45, 7) is 3.38. The van der Waals surface area contributed by atoms with Crippen LogP contribution in [0.4, 0.5) is 11.4 Å². The van der Waals surface area contributed by atoms with E-state index < -0.39 is 0 Å². The number of nitrogens with two attached hydrogens (primary N) is 1. The zero-order valence-electron chi connectivity index (χ0n) is 10.5. The molecule has 94 valence electrons.